The molecule has 4 heterocycles. The van der Waals surface area contributed by atoms with Crippen LogP contribution in [0.25, 0.3) is 23.0 Å². The number of likely N-dealkylation sites (tertiary alicyclic amines) is 1. The number of halogens is 1. The average molecular weight is 505 g/mol. The van der Waals surface area contributed by atoms with Gasteiger partial charge in [0.05, 0.1) is 18.4 Å². The molecule has 2 aromatic heterocycles. The zero-order valence-electron chi connectivity index (χ0n) is 21.0. The Labute approximate surface area is 214 Å². The van der Waals surface area contributed by atoms with Gasteiger partial charge in [-0.3, -0.25) is 4.79 Å². The number of rotatable bonds is 4. The molecule has 2 aliphatic heterocycles. The highest BCUT2D eigenvalue weighted by atomic mass is 19.1. The number of fused-ring (bicyclic) bond motifs is 2. The molecule has 1 atom stereocenters. The Hall–Kier alpha value is -3.75. The van der Waals surface area contributed by atoms with Crippen molar-refractivity contribution in [3.05, 3.63) is 52.6 Å². The number of ether oxygens (including phenoxy) is 2. The van der Waals surface area contributed by atoms with Crippen LogP contribution in [0.2, 0.25) is 0 Å². The number of aromatic nitrogens is 3. The van der Waals surface area contributed by atoms with Gasteiger partial charge in [-0.15, -0.1) is 0 Å². The summed E-state index contributed by atoms with van der Waals surface area (Å²) in [6.07, 6.45) is 7.89. The number of carbonyl (C=O) groups is 2. The first-order valence-corrected chi connectivity index (χ1v) is 12.9. The second-order valence-corrected chi connectivity index (χ2v) is 10.1. The van der Waals surface area contributed by atoms with Crippen LogP contribution in [0.5, 0.6) is 5.75 Å². The smallest absolute Gasteiger partial charge is 0.337 e. The van der Waals surface area contributed by atoms with Gasteiger partial charge in [0.2, 0.25) is 0 Å². The lowest BCUT2D eigenvalue weighted by Crippen LogP contribution is -2.38. The van der Waals surface area contributed by atoms with Gasteiger partial charge in [0.25, 0.3) is 5.91 Å². The number of hydrogen-bond donors (Lipinski definition) is 0. The van der Waals surface area contributed by atoms with E-state index in [2.05, 4.69) is 11.9 Å². The van der Waals surface area contributed by atoms with Crippen molar-refractivity contribution >= 4 is 23.6 Å². The summed E-state index contributed by atoms with van der Waals surface area (Å²) in [5.74, 6) is -0.727. The van der Waals surface area contributed by atoms with Crippen LogP contribution in [-0.2, 0) is 9.53 Å². The molecular weight excluding hydrogens is 475 g/mol. The third-order valence-electron chi connectivity index (χ3n) is 7.54. The number of amides is 1. The lowest BCUT2D eigenvalue weighted by molar-refractivity contribution is -0.136. The van der Waals surface area contributed by atoms with Crippen LogP contribution in [0.15, 0.2) is 29.8 Å². The largest absolute Gasteiger partial charge is 0.485 e. The van der Waals surface area contributed by atoms with Gasteiger partial charge in [-0.1, -0.05) is 18.9 Å². The first-order valence-electron chi connectivity index (χ1n) is 12.9. The number of esters is 1. The van der Waals surface area contributed by atoms with E-state index in [0.29, 0.717) is 34.1 Å². The highest BCUT2D eigenvalue weighted by Gasteiger charge is 2.31. The maximum Gasteiger partial charge on any atom is 0.337 e. The SMILES string of the molecule is COC(=O)C1=Cc2ccc(-c3cc4nc(C(=O)N5CCCCC[C@H]5C)cc(C5CC5)n4n3)c(F)c2OC1. The molecule has 3 aromatic rings. The lowest BCUT2D eigenvalue weighted by atomic mass is 10.0. The van der Waals surface area contributed by atoms with E-state index in [1.54, 1.807) is 28.8 Å². The summed E-state index contributed by atoms with van der Waals surface area (Å²) in [5, 5.41) is 4.70. The Balaban J connectivity index is 1.39. The molecule has 192 valence electrons. The number of benzene rings is 1. The van der Waals surface area contributed by atoms with Gasteiger partial charge in [-0.2, -0.15) is 5.10 Å². The molecule has 0 bridgehead atoms. The molecule has 37 heavy (non-hydrogen) atoms. The molecule has 1 saturated heterocycles. The summed E-state index contributed by atoms with van der Waals surface area (Å²) in [4.78, 5) is 32.0. The van der Waals surface area contributed by atoms with Crippen LogP contribution in [0, 0.1) is 5.82 Å². The molecular formula is C28H29FN4O4. The maximum absolute atomic E-state index is 15.6. The minimum atomic E-state index is -0.552. The Kier molecular flexibility index (Phi) is 5.93. The van der Waals surface area contributed by atoms with Crippen LogP contribution in [-0.4, -0.2) is 57.7 Å². The van der Waals surface area contributed by atoms with Crippen molar-refractivity contribution in [2.45, 2.75) is 57.4 Å². The number of carbonyl (C=O) groups excluding carboxylic acids is 2. The fourth-order valence-electron chi connectivity index (χ4n) is 5.29. The van der Waals surface area contributed by atoms with E-state index >= 15 is 4.39 Å². The molecule has 0 N–H and O–H groups in total. The molecule has 0 radical (unpaired) electrons. The predicted molar refractivity (Wildman–Crippen MR) is 135 cm³/mol. The van der Waals surface area contributed by atoms with E-state index in [9.17, 15) is 9.59 Å². The highest BCUT2D eigenvalue weighted by molar-refractivity contribution is 5.95. The van der Waals surface area contributed by atoms with E-state index in [-0.39, 0.29) is 29.9 Å². The molecule has 0 unspecified atom stereocenters. The fraction of sp³-hybridized carbons (Fsp3) is 0.429. The summed E-state index contributed by atoms with van der Waals surface area (Å²) in [7, 11) is 1.29. The van der Waals surface area contributed by atoms with Gasteiger partial charge in [-0.05, 0) is 50.8 Å². The molecule has 9 heteroatoms. The van der Waals surface area contributed by atoms with Gasteiger partial charge in [-0.25, -0.2) is 18.7 Å². The molecule has 1 amide bonds. The second-order valence-electron chi connectivity index (χ2n) is 10.1. The van der Waals surface area contributed by atoms with Crippen molar-refractivity contribution in [2.24, 2.45) is 0 Å². The minimum Gasteiger partial charge on any atom is -0.485 e. The monoisotopic (exact) mass is 504 g/mol. The quantitative estimate of drug-likeness (QED) is 0.476. The zero-order valence-corrected chi connectivity index (χ0v) is 21.0. The molecule has 3 aliphatic rings. The Morgan fingerprint density at radius 2 is 1.97 bits per heavy atom. The van der Waals surface area contributed by atoms with E-state index < -0.39 is 11.8 Å². The first-order chi connectivity index (χ1) is 17.9. The molecule has 0 spiro atoms. The fourth-order valence-corrected chi connectivity index (χ4v) is 5.29. The van der Waals surface area contributed by atoms with Gasteiger partial charge in [0.1, 0.15) is 12.3 Å². The number of methoxy groups -OCH3 is 1. The Morgan fingerprint density at radius 1 is 1.14 bits per heavy atom. The van der Waals surface area contributed by atoms with Gasteiger partial charge in [0.15, 0.2) is 17.2 Å². The predicted octanol–water partition coefficient (Wildman–Crippen LogP) is 4.77. The van der Waals surface area contributed by atoms with E-state index in [1.165, 1.54) is 7.11 Å². The highest BCUT2D eigenvalue weighted by Crippen LogP contribution is 2.41. The van der Waals surface area contributed by atoms with Crippen LogP contribution in [0.3, 0.4) is 0 Å². The lowest BCUT2D eigenvalue weighted by Gasteiger charge is -2.27. The van der Waals surface area contributed by atoms with Crippen molar-refractivity contribution in [1.29, 1.82) is 0 Å². The Morgan fingerprint density at radius 3 is 2.76 bits per heavy atom. The summed E-state index contributed by atoms with van der Waals surface area (Å²) in [5.41, 5.74) is 3.35. The standard InChI is InChI=1S/C28H29FN4O4/c1-16-6-4-3-5-11-32(16)27(34)22-13-23(17-7-8-17)33-24(30-22)14-21(31-33)20-10-9-18-12-19(28(35)36-2)15-37-26(18)25(20)29/h9-10,12-14,16-17H,3-8,11,15H2,1-2H3/t16-/m1/s1. The van der Waals surface area contributed by atoms with E-state index in [0.717, 1.165) is 50.8 Å². The number of nitrogens with zero attached hydrogens (tertiary/aromatic N) is 4. The molecule has 2 fully saturated rings. The summed E-state index contributed by atoms with van der Waals surface area (Å²) < 4.78 is 27.7. The molecule has 1 saturated carbocycles. The third kappa shape index (κ3) is 4.26. The topological polar surface area (TPSA) is 86.0 Å². The normalized spacial score (nSPS) is 19.6. The third-order valence-corrected chi connectivity index (χ3v) is 7.54. The summed E-state index contributed by atoms with van der Waals surface area (Å²) >= 11 is 0. The van der Waals surface area contributed by atoms with Gasteiger partial charge >= 0.3 is 5.97 Å². The van der Waals surface area contributed by atoms with E-state index in [1.807, 2.05) is 11.0 Å². The molecule has 1 aromatic carbocycles. The molecule has 8 nitrogen and oxygen atoms in total. The van der Waals surface area contributed by atoms with Crippen LogP contribution in [0.1, 0.15) is 73.1 Å². The van der Waals surface area contributed by atoms with Crippen molar-refractivity contribution in [3.63, 3.8) is 0 Å². The van der Waals surface area contributed by atoms with Crippen LogP contribution >= 0.6 is 0 Å². The zero-order chi connectivity index (χ0) is 25.7. The summed E-state index contributed by atoms with van der Waals surface area (Å²) in [6, 6.07) is 7.09. The average Bonchev–Trinajstić information content (AvgIpc) is 3.70. The van der Waals surface area contributed by atoms with Gasteiger partial charge in [0, 0.05) is 41.4 Å². The summed E-state index contributed by atoms with van der Waals surface area (Å²) in [6.45, 7) is 2.77. The number of hydrogen-bond acceptors (Lipinski definition) is 6. The first kappa shape index (κ1) is 23.6. The maximum atomic E-state index is 15.6. The molecule has 1 aliphatic carbocycles. The van der Waals surface area contributed by atoms with Crippen LogP contribution in [0.4, 0.5) is 4.39 Å². The van der Waals surface area contributed by atoms with Crippen LogP contribution < -0.4 is 4.74 Å². The van der Waals surface area contributed by atoms with Crippen molar-refractivity contribution in [3.8, 4) is 17.0 Å². The van der Waals surface area contributed by atoms with Crippen molar-refractivity contribution in [2.75, 3.05) is 20.3 Å². The second kappa shape index (κ2) is 9.28. The Bertz CT molecular complexity index is 1440. The van der Waals surface area contributed by atoms with Crippen molar-refractivity contribution in [1.82, 2.24) is 19.5 Å². The molecule has 6 rings (SSSR count). The minimum absolute atomic E-state index is 0.0527. The van der Waals surface area contributed by atoms with Crippen molar-refractivity contribution < 1.29 is 23.5 Å². The van der Waals surface area contributed by atoms with Gasteiger partial charge < -0.3 is 14.4 Å². The van der Waals surface area contributed by atoms with E-state index in [4.69, 9.17) is 14.6 Å².